The molecule has 1 aromatic carbocycles. The molecular formula is C14H19N. The van der Waals surface area contributed by atoms with E-state index in [1.807, 2.05) is 0 Å². The van der Waals surface area contributed by atoms with Gasteiger partial charge in [0.15, 0.2) is 0 Å². The Morgan fingerprint density at radius 1 is 1.00 bits per heavy atom. The van der Waals surface area contributed by atoms with Crippen molar-refractivity contribution in [2.24, 2.45) is 0 Å². The number of hydrogen-bond donors (Lipinski definition) is 1. The maximum Gasteiger partial charge on any atom is 0.0320 e. The highest BCUT2D eigenvalue weighted by Crippen LogP contribution is 2.28. The van der Waals surface area contributed by atoms with Gasteiger partial charge in [0.25, 0.3) is 0 Å². The monoisotopic (exact) mass is 201 g/mol. The Kier molecular flexibility index (Phi) is 2.49. The predicted octanol–water partition coefficient (Wildman–Crippen LogP) is 2.99. The van der Waals surface area contributed by atoms with Crippen LogP contribution in [0.3, 0.4) is 0 Å². The SMILES string of the molecule is c1cc2c(cc1[C@@H]1CCCN1)CCCC2. The molecule has 1 atom stereocenters. The van der Waals surface area contributed by atoms with Crippen LogP contribution in [0.15, 0.2) is 18.2 Å². The Balaban J connectivity index is 1.89. The molecule has 0 unspecified atom stereocenters. The van der Waals surface area contributed by atoms with Crippen LogP contribution >= 0.6 is 0 Å². The Labute approximate surface area is 91.9 Å². The molecule has 0 radical (unpaired) electrons. The van der Waals surface area contributed by atoms with E-state index in [2.05, 4.69) is 23.5 Å². The summed E-state index contributed by atoms with van der Waals surface area (Å²) in [6.07, 6.45) is 8.02. The fraction of sp³-hybridized carbons (Fsp3) is 0.571. The molecule has 2 aliphatic rings. The molecule has 0 saturated carbocycles. The molecule has 0 aromatic heterocycles. The summed E-state index contributed by atoms with van der Waals surface area (Å²) in [7, 11) is 0. The lowest BCUT2D eigenvalue weighted by Gasteiger charge is -2.19. The van der Waals surface area contributed by atoms with Gasteiger partial charge in [0, 0.05) is 6.04 Å². The van der Waals surface area contributed by atoms with E-state index < -0.39 is 0 Å². The highest BCUT2D eigenvalue weighted by molar-refractivity contribution is 5.35. The van der Waals surface area contributed by atoms with Gasteiger partial charge in [-0.05, 0) is 61.8 Å². The van der Waals surface area contributed by atoms with Crippen LogP contribution in [0.25, 0.3) is 0 Å². The second-order valence-corrected chi connectivity index (χ2v) is 4.88. The van der Waals surface area contributed by atoms with Gasteiger partial charge in [-0.1, -0.05) is 18.2 Å². The van der Waals surface area contributed by atoms with Gasteiger partial charge >= 0.3 is 0 Å². The van der Waals surface area contributed by atoms with E-state index in [1.165, 1.54) is 50.6 Å². The van der Waals surface area contributed by atoms with Gasteiger partial charge < -0.3 is 5.32 Å². The van der Waals surface area contributed by atoms with Crippen molar-refractivity contribution in [2.45, 2.75) is 44.6 Å². The van der Waals surface area contributed by atoms with Crippen LogP contribution in [0.5, 0.6) is 0 Å². The Bertz CT molecular complexity index is 350. The predicted molar refractivity (Wildman–Crippen MR) is 63.1 cm³/mol. The summed E-state index contributed by atoms with van der Waals surface area (Å²) in [6, 6.07) is 7.80. The van der Waals surface area contributed by atoms with Crippen LogP contribution in [0, 0.1) is 0 Å². The molecule has 80 valence electrons. The molecule has 1 nitrogen and oxygen atoms in total. The molecule has 1 aliphatic heterocycles. The summed E-state index contributed by atoms with van der Waals surface area (Å²) in [5.41, 5.74) is 4.74. The average molecular weight is 201 g/mol. The van der Waals surface area contributed by atoms with Gasteiger partial charge in [-0.2, -0.15) is 0 Å². The summed E-state index contributed by atoms with van der Waals surface area (Å²) < 4.78 is 0. The second-order valence-electron chi connectivity index (χ2n) is 4.88. The van der Waals surface area contributed by atoms with E-state index >= 15 is 0 Å². The van der Waals surface area contributed by atoms with Gasteiger partial charge in [0.05, 0.1) is 0 Å². The molecule has 1 fully saturated rings. The molecule has 0 bridgehead atoms. The van der Waals surface area contributed by atoms with Gasteiger partial charge in [0.2, 0.25) is 0 Å². The van der Waals surface area contributed by atoms with Crippen LogP contribution in [-0.4, -0.2) is 6.54 Å². The number of rotatable bonds is 1. The summed E-state index contributed by atoms with van der Waals surface area (Å²) >= 11 is 0. The van der Waals surface area contributed by atoms with Crippen molar-refractivity contribution in [3.05, 3.63) is 34.9 Å². The van der Waals surface area contributed by atoms with Crippen molar-refractivity contribution < 1.29 is 0 Å². The van der Waals surface area contributed by atoms with Crippen LogP contribution in [0.2, 0.25) is 0 Å². The van der Waals surface area contributed by atoms with Crippen molar-refractivity contribution in [2.75, 3.05) is 6.54 Å². The number of aryl methyl sites for hydroxylation is 2. The Morgan fingerprint density at radius 3 is 2.67 bits per heavy atom. The fourth-order valence-electron chi connectivity index (χ4n) is 2.94. The van der Waals surface area contributed by atoms with Gasteiger partial charge in [-0.15, -0.1) is 0 Å². The van der Waals surface area contributed by atoms with E-state index in [9.17, 15) is 0 Å². The van der Waals surface area contributed by atoms with E-state index in [0.717, 1.165) is 0 Å². The lowest BCUT2D eigenvalue weighted by atomic mass is 9.89. The van der Waals surface area contributed by atoms with Crippen molar-refractivity contribution in [3.8, 4) is 0 Å². The number of fused-ring (bicyclic) bond motifs is 1. The lowest BCUT2D eigenvalue weighted by Crippen LogP contribution is -2.14. The molecule has 1 heterocycles. The highest BCUT2D eigenvalue weighted by atomic mass is 14.9. The van der Waals surface area contributed by atoms with Crippen LogP contribution < -0.4 is 5.32 Å². The quantitative estimate of drug-likeness (QED) is 0.736. The molecule has 1 N–H and O–H groups in total. The third-order valence-corrected chi connectivity index (χ3v) is 3.84. The first-order chi connectivity index (χ1) is 7.43. The van der Waals surface area contributed by atoms with Crippen molar-refractivity contribution in [1.29, 1.82) is 0 Å². The molecule has 1 heteroatoms. The Hall–Kier alpha value is -0.820. The highest BCUT2D eigenvalue weighted by Gasteiger charge is 2.17. The molecule has 0 amide bonds. The fourth-order valence-corrected chi connectivity index (χ4v) is 2.94. The smallest absolute Gasteiger partial charge is 0.0320 e. The molecule has 1 saturated heterocycles. The largest absolute Gasteiger partial charge is 0.310 e. The average Bonchev–Trinajstić information content (AvgIpc) is 2.82. The summed E-state index contributed by atoms with van der Waals surface area (Å²) in [6.45, 7) is 1.20. The molecular weight excluding hydrogens is 182 g/mol. The normalized spacial score (nSPS) is 25.2. The topological polar surface area (TPSA) is 12.0 Å². The number of benzene rings is 1. The third-order valence-electron chi connectivity index (χ3n) is 3.84. The molecule has 3 rings (SSSR count). The van der Waals surface area contributed by atoms with Crippen LogP contribution in [-0.2, 0) is 12.8 Å². The molecule has 15 heavy (non-hydrogen) atoms. The van der Waals surface area contributed by atoms with Crippen LogP contribution in [0.4, 0.5) is 0 Å². The van der Waals surface area contributed by atoms with Crippen molar-refractivity contribution in [1.82, 2.24) is 5.32 Å². The number of nitrogens with one attached hydrogen (secondary N) is 1. The number of hydrogen-bond acceptors (Lipinski definition) is 1. The summed E-state index contributed by atoms with van der Waals surface area (Å²) in [5, 5.41) is 3.58. The lowest BCUT2D eigenvalue weighted by molar-refractivity contribution is 0.639. The van der Waals surface area contributed by atoms with Gasteiger partial charge in [0.1, 0.15) is 0 Å². The van der Waals surface area contributed by atoms with Gasteiger partial charge in [-0.3, -0.25) is 0 Å². The second kappa shape index (κ2) is 3.97. The maximum absolute atomic E-state index is 3.58. The zero-order chi connectivity index (χ0) is 10.1. The molecule has 0 spiro atoms. The van der Waals surface area contributed by atoms with E-state index in [0.29, 0.717) is 6.04 Å². The molecule has 1 aliphatic carbocycles. The minimum absolute atomic E-state index is 0.636. The molecule has 1 aromatic rings. The van der Waals surface area contributed by atoms with E-state index in [-0.39, 0.29) is 0 Å². The summed E-state index contributed by atoms with van der Waals surface area (Å²) in [5.74, 6) is 0. The standard InChI is InChI=1S/C14H19N/c1-2-5-12-10-13(8-7-11(12)4-1)14-6-3-9-15-14/h7-8,10,14-15H,1-6,9H2/t14-/m0/s1. The zero-order valence-electron chi connectivity index (χ0n) is 9.26. The third kappa shape index (κ3) is 1.81. The minimum Gasteiger partial charge on any atom is -0.310 e. The minimum atomic E-state index is 0.636. The summed E-state index contributed by atoms with van der Waals surface area (Å²) in [4.78, 5) is 0. The van der Waals surface area contributed by atoms with Crippen LogP contribution in [0.1, 0.15) is 48.4 Å². The first-order valence-corrected chi connectivity index (χ1v) is 6.28. The zero-order valence-corrected chi connectivity index (χ0v) is 9.26. The Morgan fingerprint density at radius 2 is 1.87 bits per heavy atom. The maximum atomic E-state index is 3.58. The van der Waals surface area contributed by atoms with Crippen molar-refractivity contribution in [3.63, 3.8) is 0 Å². The first kappa shape index (κ1) is 9.41. The first-order valence-electron chi connectivity index (χ1n) is 6.28. The van der Waals surface area contributed by atoms with Crippen molar-refractivity contribution >= 4 is 0 Å². The van der Waals surface area contributed by atoms with E-state index in [4.69, 9.17) is 0 Å². The van der Waals surface area contributed by atoms with Gasteiger partial charge in [-0.25, -0.2) is 0 Å². The van der Waals surface area contributed by atoms with E-state index in [1.54, 1.807) is 11.1 Å².